The van der Waals surface area contributed by atoms with Crippen LogP contribution in [0.25, 0.3) is 0 Å². The van der Waals surface area contributed by atoms with Crippen molar-refractivity contribution in [2.24, 2.45) is 0 Å². The van der Waals surface area contributed by atoms with Crippen LogP contribution in [0.5, 0.6) is 5.75 Å². The molecule has 0 N–H and O–H groups in total. The smallest absolute Gasteiger partial charge is 0.177 e. The van der Waals surface area contributed by atoms with E-state index in [9.17, 15) is 8.42 Å². The Balaban J connectivity index is 2.25. The topological polar surface area (TPSA) is 46.6 Å². The average Bonchev–Trinajstić information content (AvgIpc) is 2.46. The van der Waals surface area contributed by atoms with E-state index >= 15 is 0 Å². The van der Waals surface area contributed by atoms with Crippen molar-refractivity contribution in [2.75, 3.05) is 18.2 Å². The van der Waals surface area contributed by atoms with Crippen LogP contribution in [0.1, 0.15) is 19.4 Å². The predicted octanol–water partition coefficient (Wildman–Crippen LogP) is 3.51. The van der Waals surface area contributed by atoms with Crippen LogP contribution < -0.4 is 9.64 Å². The molecule has 0 radical (unpaired) electrons. The van der Waals surface area contributed by atoms with E-state index in [-0.39, 0.29) is 6.10 Å². The molecule has 0 aromatic heterocycles. The SMILES string of the molecule is CC(C)Oc1cccc(CN(C)c2ccccc2S(C)(=O)=O)c1. The molecule has 0 aliphatic heterocycles. The number of anilines is 1. The lowest BCUT2D eigenvalue weighted by atomic mass is 10.2. The number of para-hydroxylation sites is 1. The molecule has 0 aliphatic carbocycles. The summed E-state index contributed by atoms with van der Waals surface area (Å²) in [5, 5.41) is 0. The maximum absolute atomic E-state index is 11.9. The molecule has 0 atom stereocenters. The second-order valence-corrected chi connectivity index (χ2v) is 7.89. The van der Waals surface area contributed by atoms with Gasteiger partial charge < -0.3 is 9.64 Å². The number of benzene rings is 2. The second kappa shape index (κ2) is 7.04. The van der Waals surface area contributed by atoms with Gasteiger partial charge >= 0.3 is 0 Å². The standard InChI is InChI=1S/C18H23NO3S/c1-14(2)22-16-9-7-8-15(12-16)13-19(3)17-10-5-6-11-18(17)23(4,20)21/h5-12,14H,13H2,1-4H3. The fourth-order valence-electron chi connectivity index (χ4n) is 2.43. The molecule has 0 saturated carbocycles. The lowest BCUT2D eigenvalue weighted by Gasteiger charge is -2.22. The highest BCUT2D eigenvalue weighted by Gasteiger charge is 2.15. The first-order valence-electron chi connectivity index (χ1n) is 7.53. The van der Waals surface area contributed by atoms with Gasteiger partial charge in [-0.3, -0.25) is 0 Å². The first-order valence-corrected chi connectivity index (χ1v) is 9.42. The zero-order valence-electron chi connectivity index (χ0n) is 14.0. The quantitative estimate of drug-likeness (QED) is 0.811. The Morgan fingerprint density at radius 2 is 1.78 bits per heavy atom. The molecule has 2 rings (SSSR count). The van der Waals surface area contributed by atoms with Crippen LogP contribution in [0, 0.1) is 0 Å². The van der Waals surface area contributed by atoms with Crippen LogP contribution in [0.15, 0.2) is 53.4 Å². The number of nitrogens with zero attached hydrogens (tertiary/aromatic N) is 1. The molecule has 124 valence electrons. The summed E-state index contributed by atoms with van der Waals surface area (Å²) in [6, 6.07) is 14.9. The summed E-state index contributed by atoms with van der Waals surface area (Å²) in [5.74, 6) is 0.822. The van der Waals surface area contributed by atoms with Crippen molar-refractivity contribution in [3.63, 3.8) is 0 Å². The molecule has 2 aromatic carbocycles. The number of ether oxygens (including phenoxy) is 1. The van der Waals surface area contributed by atoms with Gasteiger partial charge in [0.15, 0.2) is 9.84 Å². The van der Waals surface area contributed by atoms with Gasteiger partial charge in [0, 0.05) is 19.8 Å². The van der Waals surface area contributed by atoms with Gasteiger partial charge in [0.25, 0.3) is 0 Å². The number of hydrogen-bond acceptors (Lipinski definition) is 4. The zero-order valence-corrected chi connectivity index (χ0v) is 14.8. The Morgan fingerprint density at radius 3 is 2.43 bits per heavy atom. The van der Waals surface area contributed by atoms with E-state index in [1.807, 2.05) is 62.2 Å². The highest BCUT2D eigenvalue weighted by Crippen LogP contribution is 2.26. The van der Waals surface area contributed by atoms with Crippen LogP contribution in [0.4, 0.5) is 5.69 Å². The average molecular weight is 333 g/mol. The molecule has 4 nitrogen and oxygen atoms in total. The Kier molecular flexibility index (Phi) is 5.31. The van der Waals surface area contributed by atoms with E-state index in [2.05, 4.69) is 0 Å². The Hall–Kier alpha value is -2.01. The summed E-state index contributed by atoms with van der Waals surface area (Å²) < 4.78 is 29.6. The molecule has 0 amide bonds. The molecule has 23 heavy (non-hydrogen) atoms. The van der Waals surface area contributed by atoms with Crippen molar-refractivity contribution in [3.05, 3.63) is 54.1 Å². The summed E-state index contributed by atoms with van der Waals surface area (Å²) in [7, 11) is -1.37. The third-order valence-electron chi connectivity index (χ3n) is 3.37. The summed E-state index contributed by atoms with van der Waals surface area (Å²) in [6.07, 6.45) is 1.35. The molecule has 0 fully saturated rings. The van der Waals surface area contributed by atoms with Crippen molar-refractivity contribution in [2.45, 2.75) is 31.4 Å². The van der Waals surface area contributed by atoms with E-state index in [0.717, 1.165) is 11.3 Å². The molecule has 0 heterocycles. The van der Waals surface area contributed by atoms with Gasteiger partial charge in [0.05, 0.1) is 16.7 Å². The zero-order chi connectivity index (χ0) is 17.0. The normalized spacial score (nSPS) is 11.5. The fraction of sp³-hybridized carbons (Fsp3) is 0.333. The van der Waals surface area contributed by atoms with Crippen LogP contribution in [0.3, 0.4) is 0 Å². The lowest BCUT2D eigenvalue weighted by Crippen LogP contribution is -2.19. The summed E-state index contributed by atoms with van der Waals surface area (Å²) in [4.78, 5) is 2.28. The van der Waals surface area contributed by atoms with Gasteiger partial charge in [0.2, 0.25) is 0 Å². The van der Waals surface area contributed by atoms with Gasteiger partial charge in [-0.1, -0.05) is 24.3 Å². The first kappa shape index (κ1) is 17.3. The van der Waals surface area contributed by atoms with E-state index < -0.39 is 9.84 Å². The summed E-state index contributed by atoms with van der Waals surface area (Å²) >= 11 is 0. The fourth-order valence-corrected chi connectivity index (χ4v) is 3.36. The van der Waals surface area contributed by atoms with E-state index in [0.29, 0.717) is 17.1 Å². The van der Waals surface area contributed by atoms with Crippen LogP contribution >= 0.6 is 0 Å². The third-order valence-corrected chi connectivity index (χ3v) is 4.51. The van der Waals surface area contributed by atoms with Crippen LogP contribution in [-0.2, 0) is 16.4 Å². The van der Waals surface area contributed by atoms with Crippen molar-refractivity contribution in [1.82, 2.24) is 0 Å². The summed E-state index contributed by atoms with van der Waals surface area (Å²) in [6.45, 7) is 4.57. The largest absolute Gasteiger partial charge is 0.491 e. The monoisotopic (exact) mass is 333 g/mol. The maximum atomic E-state index is 11.9. The number of rotatable bonds is 6. The second-order valence-electron chi connectivity index (χ2n) is 5.91. The Bertz CT molecular complexity index is 769. The van der Waals surface area contributed by atoms with Crippen molar-refractivity contribution in [1.29, 1.82) is 0 Å². The minimum Gasteiger partial charge on any atom is -0.491 e. The van der Waals surface area contributed by atoms with Gasteiger partial charge in [-0.2, -0.15) is 0 Å². The highest BCUT2D eigenvalue weighted by atomic mass is 32.2. The summed E-state index contributed by atoms with van der Waals surface area (Å²) in [5.41, 5.74) is 1.76. The van der Waals surface area contributed by atoms with Crippen molar-refractivity contribution in [3.8, 4) is 5.75 Å². The van der Waals surface area contributed by atoms with Gasteiger partial charge in [-0.25, -0.2) is 8.42 Å². The predicted molar refractivity (Wildman–Crippen MR) is 93.9 cm³/mol. The molecule has 0 saturated heterocycles. The minimum atomic E-state index is -3.26. The number of sulfone groups is 1. The van der Waals surface area contributed by atoms with Crippen LogP contribution in [-0.4, -0.2) is 27.8 Å². The maximum Gasteiger partial charge on any atom is 0.177 e. The Morgan fingerprint density at radius 1 is 1.09 bits per heavy atom. The van der Waals surface area contributed by atoms with E-state index in [1.54, 1.807) is 12.1 Å². The van der Waals surface area contributed by atoms with Gasteiger partial charge in [-0.05, 0) is 43.7 Å². The Labute approximate surface area is 138 Å². The minimum absolute atomic E-state index is 0.119. The molecular weight excluding hydrogens is 310 g/mol. The van der Waals surface area contributed by atoms with Crippen molar-refractivity contribution < 1.29 is 13.2 Å². The molecule has 0 spiro atoms. The first-order chi connectivity index (χ1) is 10.8. The molecule has 0 unspecified atom stereocenters. The molecule has 5 heteroatoms. The molecule has 2 aromatic rings. The number of hydrogen-bond donors (Lipinski definition) is 0. The molecule has 0 aliphatic rings. The molecule has 0 bridgehead atoms. The molecular formula is C18H23NO3S. The van der Waals surface area contributed by atoms with Gasteiger partial charge in [0.1, 0.15) is 5.75 Å². The van der Waals surface area contributed by atoms with Crippen LogP contribution in [0.2, 0.25) is 0 Å². The van der Waals surface area contributed by atoms with E-state index in [4.69, 9.17) is 4.74 Å². The van der Waals surface area contributed by atoms with Gasteiger partial charge in [-0.15, -0.1) is 0 Å². The third kappa shape index (κ3) is 4.73. The van der Waals surface area contributed by atoms with Crippen molar-refractivity contribution >= 4 is 15.5 Å². The highest BCUT2D eigenvalue weighted by molar-refractivity contribution is 7.90. The van der Waals surface area contributed by atoms with E-state index in [1.165, 1.54) is 6.26 Å². The lowest BCUT2D eigenvalue weighted by molar-refractivity contribution is 0.242.